The number of amides is 2. The molecule has 2 amide bonds. The van der Waals surface area contributed by atoms with E-state index in [0.29, 0.717) is 25.9 Å². The van der Waals surface area contributed by atoms with Gasteiger partial charge in [-0.15, -0.1) is 13.2 Å². The van der Waals surface area contributed by atoms with E-state index in [9.17, 15) is 19.5 Å². The number of ether oxygens (including phenoxy) is 2. The van der Waals surface area contributed by atoms with Crippen molar-refractivity contribution in [1.82, 2.24) is 10.6 Å². The van der Waals surface area contributed by atoms with Gasteiger partial charge in [-0.05, 0) is 55.4 Å². The maximum absolute atomic E-state index is 12.7. The molecule has 0 saturated carbocycles. The van der Waals surface area contributed by atoms with Crippen molar-refractivity contribution in [3.63, 3.8) is 0 Å². The Morgan fingerprint density at radius 3 is 2.38 bits per heavy atom. The summed E-state index contributed by atoms with van der Waals surface area (Å²) in [7, 11) is 0. The van der Waals surface area contributed by atoms with Gasteiger partial charge in [-0.1, -0.05) is 54.6 Å². The summed E-state index contributed by atoms with van der Waals surface area (Å²) in [6.07, 6.45) is 6.90. The maximum Gasteiger partial charge on any atom is 0.305 e. The maximum atomic E-state index is 12.7. The lowest BCUT2D eigenvalue weighted by molar-refractivity contribution is -0.144. The first-order valence-electron chi connectivity index (χ1n) is 13.8. The van der Waals surface area contributed by atoms with E-state index in [4.69, 9.17) is 9.47 Å². The van der Waals surface area contributed by atoms with Crippen LogP contribution in [0.15, 0.2) is 79.9 Å². The second kappa shape index (κ2) is 19.2. The fraction of sp³-hybridized carbons (Fsp3) is 0.406. The molecule has 2 rings (SSSR count). The van der Waals surface area contributed by atoms with Gasteiger partial charge in [0.2, 0.25) is 11.8 Å². The number of benzene rings is 2. The minimum absolute atomic E-state index is 0.0519. The largest absolute Gasteiger partial charge is 0.489 e. The lowest BCUT2D eigenvalue weighted by atomic mass is 9.99. The molecular weight excluding hydrogens is 508 g/mol. The van der Waals surface area contributed by atoms with E-state index in [0.717, 1.165) is 36.1 Å². The summed E-state index contributed by atoms with van der Waals surface area (Å²) in [6, 6.07) is 16.9. The SMILES string of the molecule is C=CCCCCC(=O)OCCNC(=O)C(CC=C)CC(=O)NC(CO)Cc1ccc(OCc2ccccc2)cc1. The molecule has 40 heavy (non-hydrogen) atoms. The summed E-state index contributed by atoms with van der Waals surface area (Å²) in [4.78, 5) is 37.1. The third-order valence-electron chi connectivity index (χ3n) is 6.20. The third kappa shape index (κ3) is 13.2. The molecule has 8 nitrogen and oxygen atoms in total. The van der Waals surface area contributed by atoms with E-state index in [2.05, 4.69) is 23.8 Å². The summed E-state index contributed by atoms with van der Waals surface area (Å²) < 4.78 is 11.0. The number of carbonyl (C=O) groups excluding carboxylic acids is 3. The molecule has 0 aliphatic carbocycles. The average molecular weight is 551 g/mol. The van der Waals surface area contributed by atoms with Gasteiger partial charge in [-0.3, -0.25) is 14.4 Å². The Morgan fingerprint density at radius 1 is 0.950 bits per heavy atom. The zero-order chi connectivity index (χ0) is 29.0. The normalized spacial score (nSPS) is 12.0. The summed E-state index contributed by atoms with van der Waals surface area (Å²) in [5.74, 6) is -0.843. The summed E-state index contributed by atoms with van der Waals surface area (Å²) >= 11 is 0. The predicted molar refractivity (Wildman–Crippen MR) is 155 cm³/mol. The van der Waals surface area contributed by atoms with Crippen LogP contribution in [-0.4, -0.2) is 48.7 Å². The highest BCUT2D eigenvalue weighted by molar-refractivity contribution is 5.86. The van der Waals surface area contributed by atoms with Gasteiger partial charge in [-0.2, -0.15) is 0 Å². The van der Waals surface area contributed by atoms with Crippen molar-refractivity contribution in [3.8, 4) is 5.75 Å². The zero-order valence-electron chi connectivity index (χ0n) is 23.2. The van der Waals surface area contributed by atoms with Crippen molar-refractivity contribution in [1.29, 1.82) is 0 Å². The molecule has 216 valence electrons. The van der Waals surface area contributed by atoms with Gasteiger partial charge in [0.25, 0.3) is 0 Å². The number of aliphatic hydroxyl groups excluding tert-OH is 1. The monoisotopic (exact) mass is 550 g/mol. The summed E-state index contributed by atoms with van der Waals surface area (Å²) in [5.41, 5.74) is 2.01. The van der Waals surface area contributed by atoms with Crippen molar-refractivity contribution < 1.29 is 29.0 Å². The molecule has 2 aromatic rings. The van der Waals surface area contributed by atoms with E-state index in [-0.39, 0.29) is 44.0 Å². The van der Waals surface area contributed by atoms with E-state index in [1.165, 1.54) is 0 Å². The van der Waals surface area contributed by atoms with Crippen LogP contribution < -0.4 is 15.4 Å². The van der Waals surface area contributed by atoms with E-state index < -0.39 is 12.0 Å². The first-order chi connectivity index (χ1) is 19.4. The van der Waals surface area contributed by atoms with Crippen LogP contribution in [0.3, 0.4) is 0 Å². The van der Waals surface area contributed by atoms with Gasteiger partial charge in [0.15, 0.2) is 0 Å². The molecule has 2 unspecified atom stereocenters. The second-order valence-electron chi connectivity index (χ2n) is 9.54. The van der Waals surface area contributed by atoms with Gasteiger partial charge in [0.1, 0.15) is 19.0 Å². The summed E-state index contributed by atoms with van der Waals surface area (Å²) in [5, 5.41) is 15.4. The first-order valence-corrected chi connectivity index (χ1v) is 13.8. The Labute approximate surface area is 237 Å². The molecule has 8 heteroatoms. The van der Waals surface area contributed by atoms with E-state index in [1.54, 1.807) is 6.08 Å². The number of unbranched alkanes of at least 4 members (excludes halogenated alkanes) is 2. The molecule has 3 N–H and O–H groups in total. The molecule has 0 heterocycles. The van der Waals surface area contributed by atoms with Crippen LogP contribution in [-0.2, 0) is 32.1 Å². The quantitative estimate of drug-likeness (QED) is 0.129. The van der Waals surface area contributed by atoms with Crippen LogP contribution in [0.5, 0.6) is 5.75 Å². The highest BCUT2D eigenvalue weighted by atomic mass is 16.5. The molecular formula is C32H42N2O6. The van der Waals surface area contributed by atoms with Gasteiger partial charge in [0.05, 0.1) is 25.1 Å². The fourth-order valence-corrected chi connectivity index (χ4v) is 4.02. The van der Waals surface area contributed by atoms with Crippen LogP contribution in [0.2, 0.25) is 0 Å². The molecule has 0 bridgehead atoms. The molecule has 0 radical (unpaired) electrons. The topological polar surface area (TPSA) is 114 Å². The van der Waals surface area contributed by atoms with Crippen LogP contribution in [0.4, 0.5) is 0 Å². The van der Waals surface area contributed by atoms with Crippen LogP contribution in [0, 0.1) is 5.92 Å². The minimum atomic E-state index is -0.618. The molecule has 0 aliphatic heterocycles. The van der Waals surface area contributed by atoms with Crippen molar-refractivity contribution in [2.75, 3.05) is 19.8 Å². The van der Waals surface area contributed by atoms with Gasteiger partial charge < -0.3 is 25.2 Å². The van der Waals surface area contributed by atoms with Gasteiger partial charge in [0, 0.05) is 12.8 Å². The first kappa shape index (κ1) is 32.3. The highest BCUT2D eigenvalue weighted by Crippen LogP contribution is 2.16. The Kier molecular flexibility index (Phi) is 15.5. The standard InChI is InChI=1S/C32H42N2O6/c1-3-5-6-10-14-31(37)39-20-19-33-32(38)27(11-4-2)22-30(36)34-28(23-35)21-25-15-17-29(18-16-25)40-24-26-12-8-7-9-13-26/h3-4,7-9,12-13,15-18,27-28,35H,1-2,5-6,10-11,14,19-24H2,(H,33,38)(H,34,36). The Bertz CT molecular complexity index is 1050. The molecule has 0 fully saturated rings. The predicted octanol–water partition coefficient (Wildman–Crippen LogP) is 4.27. The van der Waals surface area contributed by atoms with Crippen LogP contribution >= 0.6 is 0 Å². The van der Waals surface area contributed by atoms with Crippen LogP contribution in [0.1, 0.15) is 49.7 Å². The number of nitrogens with one attached hydrogen (secondary N) is 2. The Balaban J connectivity index is 1.75. The van der Waals surface area contributed by atoms with Crippen molar-refractivity contribution >= 4 is 17.8 Å². The van der Waals surface area contributed by atoms with E-state index >= 15 is 0 Å². The lowest BCUT2D eigenvalue weighted by Crippen LogP contribution is -2.42. The van der Waals surface area contributed by atoms with Gasteiger partial charge >= 0.3 is 5.97 Å². The molecule has 2 aromatic carbocycles. The number of hydrogen-bond donors (Lipinski definition) is 3. The smallest absolute Gasteiger partial charge is 0.305 e. The molecule has 2 atom stereocenters. The third-order valence-corrected chi connectivity index (χ3v) is 6.20. The van der Waals surface area contributed by atoms with Crippen molar-refractivity contribution in [3.05, 3.63) is 91.0 Å². The fourth-order valence-electron chi connectivity index (χ4n) is 4.02. The highest BCUT2D eigenvalue weighted by Gasteiger charge is 2.22. The minimum Gasteiger partial charge on any atom is -0.489 e. The van der Waals surface area contributed by atoms with E-state index in [1.807, 2.05) is 60.7 Å². The molecule has 0 aliphatic rings. The lowest BCUT2D eigenvalue weighted by Gasteiger charge is -2.19. The molecule has 0 aromatic heterocycles. The molecule has 0 spiro atoms. The van der Waals surface area contributed by atoms with Crippen molar-refractivity contribution in [2.45, 2.75) is 57.6 Å². The average Bonchev–Trinajstić information content (AvgIpc) is 2.97. The number of hydrogen-bond acceptors (Lipinski definition) is 6. The Morgan fingerprint density at radius 2 is 1.70 bits per heavy atom. The number of allylic oxidation sites excluding steroid dienone is 2. The number of rotatable bonds is 20. The number of carbonyl (C=O) groups is 3. The van der Waals surface area contributed by atoms with Crippen LogP contribution in [0.25, 0.3) is 0 Å². The summed E-state index contributed by atoms with van der Waals surface area (Å²) in [6.45, 7) is 7.79. The Hall–Kier alpha value is -3.91. The number of esters is 1. The molecule has 0 saturated heterocycles. The van der Waals surface area contributed by atoms with Gasteiger partial charge in [-0.25, -0.2) is 0 Å². The second-order valence-corrected chi connectivity index (χ2v) is 9.54. The van der Waals surface area contributed by atoms with Crippen molar-refractivity contribution in [2.24, 2.45) is 5.92 Å². The zero-order valence-corrected chi connectivity index (χ0v) is 23.2. The number of aliphatic hydroxyl groups is 1.